The van der Waals surface area contributed by atoms with Gasteiger partial charge in [0.15, 0.2) is 0 Å². The van der Waals surface area contributed by atoms with E-state index < -0.39 is 11.6 Å². The van der Waals surface area contributed by atoms with Gasteiger partial charge in [-0.1, -0.05) is 15.9 Å². The van der Waals surface area contributed by atoms with Crippen molar-refractivity contribution in [2.24, 2.45) is 0 Å². The summed E-state index contributed by atoms with van der Waals surface area (Å²) in [5.41, 5.74) is 2.81. The highest BCUT2D eigenvalue weighted by Crippen LogP contribution is 2.35. The highest BCUT2D eigenvalue weighted by Gasteiger charge is 2.22. The van der Waals surface area contributed by atoms with Crippen LogP contribution in [0, 0.1) is 11.6 Å². The van der Waals surface area contributed by atoms with Crippen LogP contribution < -0.4 is 5.32 Å². The minimum atomic E-state index is -0.538. The molecule has 18 heavy (non-hydrogen) atoms. The highest BCUT2D eigenvalue weighted by atomic mass is 79.9. The molecule has 1 heterocycles. The summed E-state index contributed by atoms with van der Waals surface area (Å²) in [6, 6.07) is 9.51. The topological polar surface area (TPSA) is 12.0 Å². The van der Waals surface area contributed by atoms with E-state index in [0.29, 0.717) is 5.56 Å². The first-order chi connectivity index (χ1) is 8.61. The summed E-state index contributed by atoms with van der Waals surface area (Å²) in [5.74, 6) is -1.08. The van der Waals surface area contributed by atoms with Crippen LogP contribution in [0.25, 0.3) is 0 Å². The van der Waals surface area contributed by atoms with Gasteiger partial charge in [0, 0.05) is 16.2 Å². The molecule has 0 aliphatic carbocycles. The summed E-state index contributed by atoms with van der Waals surface area (Å²) < 4.78 is 27.4. The van der Waals surface area contributed by atoms with Crippen molar-refractivity contribution >= 4 is 21.6 Å². The van der Waals surface area contributed by atoms with Crippen LogP contribution in [0.2, 0.25) is 0 Å². The first kappa shape index (κ1) is 11.7. The van der Waals surface area contributed by atoms with E-state index in [-0.39, 0.29) is 6.04 Å². The van der Waals surface area contributed by atoms with Crippen molar-refractivity contribution < 1.29 is 8.78 Å². The van der Waals surface area contributed by atoms with Gasteiger partial charge in [-0.15, -0.1) is 0 Å². The molecule has 0 spiro atoms. The number of benzene rings is 2. The van der Waals surface area contributed by atoms with Gasteiger partial charge in [0.2, 0.25) is 0 Å². The van der Waals surface area contributed by atoms with Crippen LogP contribution in [0.1, 0.15) is 17.2 Å². The monoisotopic (exact) mass is 309 g/mol. The summed E-state index contributed by atoms with van der Waals surface area (Å²) in [6.07, 6.45) is 0.734. The lowest BCUT2D eigenvalue weighted by Gasteiger charge is -2.11. The molecule has 0 saturated carbocycles. The van der Waals surface area contributed by atoms with Gasteiger partial charge in [-0.3, -0.25) is 0 Å². The molecular weight excluding hydrogens is 300 g/mol. The van der Waals surface area contributed by atoms with Crippen LogP contribution in [0.4, 0.5) is 14.5 Å². The van der Waals surface area contributed by atoms with E-state index >= 15 is 0 Å². The number of halogens is 3. The largest absolute Gasteiger partial charge is 0.378 e. The lowest BCUT2D eigenvalue weighted by atomic mass is 10.0. The molecule has 1 unspecified atom stereocenters. The van der Waals surface area contributed by atoms with Crippen LogP contribution in [-0.2, 0) is 6.42 Å². The molecule has 0 radical (unpaired) electrons. The van der Waals surface area contributed by atoms with Crippen molar-refractivity contribution in [1.29, 1.82) is 0 Å². The third kappa shape index (κ3) is 2.12. The van der Waals surface area contributed by atoms with Crippen molar-refractivity contribution in [1.82, 2.24) is 0 Å². The SMILES string of the molecule is Fc1cc(F)cc(C2Cc3cc(Br)ccc3N2)c1. The van der Waals surface area contributed by atoms with E-state index in [1.807, 2.05) is 18.2 Å². The van der Waals surface area contributed by atoms with Crippen LogP contribution >= 0.6 is 15.9 Å². The normalized spacial score (nSPS) is 17.4. The van der Waals surface area contributed by atoms with Crippen LogP contribution in [-0.4, -0.2) is 0 Å². The maximum absolute atomic E-state index is 13.2. The number of hydrogen-bond donors (Lipinski definition) is 1. The minimum Gasteiger partial charge on any atom is -0.378 e. The van der Waals surface area contributed by atoms with Crippen molar-refractivity contribution in [3.63, 3.8) is 0 Å². The van der Waals surface area contributed by atoms with Crippen molar-refractivity contribution in [2.45, 2.75) is 12.5 Å². The van der Waals surface area contributed by atoms with Gasteiger partial charge in [0.25, 0.3) is 0 Å². The van der Waals surface area contributed by atoms with Gasteiger partial charge < -0.3 is 5.32 Å². The minimum absolute atomic E-state index is 0.0699. The molecular formula is C14H10BrF2N. The highest BCUT2D eigenvalue weighted by molar-refractivity contribution is 9.10. The van der Waals surface area contributed by atoms with E-state index in [1.165, 1.54) is 12.1 Å². The fraction of sp³-hybridized carbons (Fsp3) is 0.143. The molecule has 2 aromatic carbocycles. The summed E-state index contributed by atoms with van der Waals surface area (Å²) in [4.78, 5) is 0. The molecule has 1 N–H and O–H groups in total. The summed E-state index contributed by atoms with van der Waals surface area (Å²) in [5, 5.41) is 3.28. The predicted molar refractivity (Wildman–Crippen MR) is 70.6 cm³/mol. The van der Waals surface area contributed by atoms with E-state index in [0.717, 1.165) is 28.2 Å². The molecule has 2 aromatic rings. The molecule has 1 atom stereocenters. The molecule has 4 heteroatoms. The summed E-state index contributed by atoms with van der Waals surface area (Å²) in [6.45, 7) is 0. The number of anilines is 1. The van der Waals surface area contributed by atoms with Gasteiger partial charge in [0.1, 0.15) is 11.6 Å². The Morgan fingerprint density at radius 2 is 1.78 bits per heavy atom. The van der Waals surface area contributed by atoms with Crippen LogP contribution in [0.15, 0.2) is 40.9 Å². The van der Waals surface area contributed by atoms with Gasteiger partial charge >= 0.3 is 0 Å². The molecule has 1 aliphatic rings. The Balaban J connectivity index is 1.93. The Morgan fingerprint density at radius 1 is 1.06 bits per heavy atom. The first-order valence-electron chi connectivity index (χ1n) is 5.63. The third-order valence-electron chi connectivity index (χ3n) is 3.11. The zero-order valence-electron chi connectivity index (χ0n) is 9.38. The van der Waals surface area contributed by atoms with E-state index in [1.54, 1.807) is 0 Å². The standard InChI is InChI=1S/C14H10BrF2N/c15-10-1-2-13-8(3-10)6-14(18-13)9-4-11(16)7-12(17)5-9/h1-5,7,14,18H,6H2. The Bertz CT molecular complexity index is 592. The van der Waals surface area contributed by atoms with E-state index in [9.17, 15) is 8.78 Å². The molecule has 0 amide bonds. The average Bonchev–Trinajstić information content (AvgIpc) is 2.70. The van der Waals surface area contributed by atoms with Crippen molar-refractivity contribution in [3.05, 3.63) is 63.6 Å². The quantitative estimate of drug-likeness (QED) is 0.821. The predicted octanol–water partition coefficient (Wildman–Crippen LogP) is 4.44. The first-order valence-corrected chi connectivity index (χ1v) is 6.42. The lowest BCUT2D eigenvalue weighted by molar-refractivity contribution is 0.576. The Labute approximate surface area is 112 Å². The van der Waals surface area contributed by atoms with Crippen molar-refractivity contribution in [3.8, 4) is 0 Å². The fourth-order valence-electron chi connectivity index (χ4n) is 2.31. The molecule has 0 bridgehead atoms. The van der Waals surface area contributed by atoms with Gasteiger partial charge in [-0.25, -0.2) is 8.78 Å². The molecule has 0 aromatic heterocycles. The number of rotatable bonds is 1. The maximum atomic E-state index is 13.2. The molecule has 1 nitrogen and oxygen atoms in total. The van der Waals surface area contributed by atoms with E-state index in [4.69, 9.17) is 0 Å². The number of hydrogen-bond acceptors (Lipinski definition) is 1. The van der Waals surface area contributed by atoms with Crippen molar-refractivity contribution in [2.75, 3.05) is 5.32 Å². The Hall–Kier alpha value is -1.42. The lowest BCUT2D eigenvalue weighted by Crippen LogP contribution is -2.06. The zero-order chi connectivity index (χ0) is 12.7. The molecule has 0 saturated heterocycles. The Morgan fingerprint density at radius 3 is 2.50 bits per heavy atom. The maximum Gasteiger partial charge on any atom is 0.126 e. The fourth-order valence-corrected chi connectivity index (χ4v) is 2.72. The number of fused-ring (bicyclic) bond motifs is 1. The third-order valence-corrected chi connectivity index (χ3v) is 3.60. The summed E-state index contributed by atoms with van der Waals surface area (Å²) in [7, 11) is 0. The second-order valence-electron chi connectivity index (χ2n) is 4.41. The van der Waals surface area contributed by atoms with Gasteiger partial charge in [-0.2, -0.15) is 0 Å². The van der Waals surface area contributed by atoms with Gasteiger partial charge in [0.05, 0.1) is 6.04 Å². The smallest absolute Gasteiger partial charge is 0.126 e. The molecule has 1 aliphatic heterocycles. The zero-order valence-corrected chi connectivity index (χ0v) is 11.0. The van der Waals surface area contributed by atoms with E-state index in [2.05, 4.69) is 21.2 Å². The Kier molecular flexibility index (Phi) is 2.82. The second-order valence-corrected chi connectivity index (χ2v) is 5.32. The molecule has 92 valence electrons. The van der Waals surface area contributed by atoms with Crippen LogP contribution in [0.3, 0.4) is 0 Å². The second kappa shape index (κ2) is 4.35. The van der Waals surface area contributed by atoms with Crippen LogP contribution in [0.5, 0.6) is 0 Å². The summed E-state index contributed by atoms with van der Waals surface area (Å²) >= 11 is 3.42. The number of nitrogens with one attached hydrogen (secondary N) is 1. The average molecular weight is 310 g/mol. The molecule has 3 rings (SSSR count). The van der Waals surface area contributed by atoms with Gasteiger partial charge in [-0.05, 0) is 47.9 Å². The molecule has 0 fully saturated rings.